The zero-order chi connectivity index (χ0) is 15.3. The summed E-state index contributed by atoms with van der Waals surface area (Å²) in [5, 5.41) is 10.1. The van der Waals surface area contributed by atoms with Crippen LogP contribution in [0.4, 0.5) is 0 Å². The van der Waals surface area contributed by atoms with Gasteiger partial charge in [-0.25, -0.2) is 8.42 Å². The normalized spacial score (nSPS) is 16.0. The Kier molecular flexibility index (Phi) is 5.56. The number of sulfonamides is 1. The van der Waals surface area contributed by atoms with Gasteiger partial charge in [-0.1, -0.05) is 29.8 Å². The fraction of sp³-hybridized carbons (Fsp3) is 0.500. The molecule has 4 nitrogen and oxygen atoms in total. The van der Waals surface area contributed by atoms with Crippen LogP contribution in [-0.2, 0) is 10.0 Å². The van der Waals surface area contributed by atoms with Crippen molar-refractivity contribution < 1.29 is 13.5 Å². The summed E-state index contributed by atoms with van der Waals surface area (Å²) in [7, 11) is -3.38. The number of benzene rings is 1. The molecule has 0 aliphatic heterocycles. The second-order valence-corrected chi connectivity index (χ2v) is 7.30. The van der Waals surface area contributed by atoms with Gasteiger partial charge in [-0.05, 0) is 44.2 Å². The van der Waals surface area contributed by atoms with E-state index in [2.05, 4.69) is 0 Å². The van der Waals surface area contributed by atoms with Crippen LogP contribution in [0, 0.1) is 6.92 Å². The highest BCUT2D eigenvalue weighted by molar-refractivity contribution is 7.92. The van der Waals surface area contributed by atoms with Crippen LogP contribution in [0.15, 0.2) is 29.7 Å². The molecule has 116 valence electrons. The van der Waals surface area contributed by atoms with Crippen molar-refractivity contribution in [1.82, 2.24) is 4.31 Å². The molecule has 2 rings (SSSR count). The highest BCUT2D eigenvalue weighted by Gasteiger charge is 2.35. The van der Waals surface area contributed by atoms with Gasteiger partial charge < -0.3 is 5.11 Å². The minimum Gasteiger partial charge on any atom is -0.396 e. The lowest BCUT2D eigenvalue weighted by Gasteiger charge is -2.19. The fourth-order valence-corrected chi connectivity index (χ4v) is 3.68. The van der Waals surface area contributed by atoms with Crippen LogP contribution in [-0.4, -0.2) is 37.0 Å². The molecule has 0 saturated heterocycles. The largest absolute Gasteiger partial charge is 0.396 e. The summed E-state index contributed by atoms with van der Waals surface area (Å²) in [4.78, 5) is 0. The molecule has 0 amide bonds. The fourth-order valence-electron chi connectivity index (χ4n) is 2.18. The van der Waals surface area contributed by atoms with E-state index in [1.54, 1.807) is 10.4 Å². The SMILES string of the molecule is Cc1ccc(/C=C/S(=O)(=O)N(CCCCO)C2CC2)cc1. The molecular weight excluding hydrogens is 286 g/mol. The Hall–Kier alpha value is -1.17. The van der Waals surface area contributed by atoms with Crippen LogP contribution >= 0.6 is 0 Å². The molecule has 1 N–H and O–H groups in total. The van der Waals surface area contributed by atoms with Gasteiger partial charge in [0.05, 0.1) is 0 Å². The van der Waals surface area contributed by atoms with Gasteiger partial charge in [0.1, 0.15) is 0 Å². The summed E-state index contributed by atoms with van der Waals surface area (Å²) in [6, 6.07) is 7.90. The highest BCUT2D eigenvalue weighted by Crippen LogP contribution is 2.30. The van der Waals surface area contributed by atoms with E-state index in [0.717, 1.165) is 24.0 Å². The molecule has 1 fully saturated rings. The molecule has 5 heteroatoms. The van der Waals surface area contributed by atoms with E-state index in [4.69, 9.17) is 5.11 Å². The number of hydrogen-bond donors (Lipinski definition) is 1. The van der Waals surface area contributed by atoms with E-state index in [9.17, 15) is 8.42 Å². The van der Waals surface area contributed by atoms with Crippen LogP contribution in [0.2, 0.25) is 0 Å². The Morgan fingerprint density at radius 3 is 2.48 bits per heavy atom. The maximum atomic E-state index is 12.4. The van der Waals surface area contributed by atoms with Gasteiger partial charge in [-0.3, -0.25) is 0 Å². The van der Waals surface area contributed by atoms with E-state index in [1.165, 1.54) is 5.41 Å². The molecule has 1 aromatic carbocycles. The summed E-state index contributed by atoms with van der Waals surface area (Å²) < 4.78 is 26.4. The second-order valence-electron chi connectivity index (χ2n) is 5.53. The molecule has 0 atom stereocenters. The number of rotatable bonds is 8. The first kappa shape index (κ1) is 16.2. The third-order valence-corrected chi connectivity index (χ3v) is 5.19. The Balaban J connectivity index is 2.05. The molecule has 0 heterocycles. The van der Waals surface area contributed by atoms with Crippen molar-refractivity contribution in [2.24, 2.45) is 0 Å². The van der Waals surface area contributed by atoms with Crippen molar-refractivity contribution in [3.8, 4) is 0 Å². The Bertz CT molecular complexity index is 574. The molecule has 0 bridgehead atoms. The summed E-state index contributed by atoms with van der Waals surface area (Å²) in [6.07, 6.45) is 4.87. The molecule has 1 aliphatic rings. The first-order valence-corrected chi connectivity index (χ1v) is 8.91. The van der Waals surface area contributed by atoms with Crippen molar-refractivity contribution >= 4 is 16.1 Å². The third kappa shape index (κ3) is 4.95. The standard InChI is InChI=1S/C16H23NO3S/c1-14-4-6-15(7-5-14)10-13-21(19,20)17(16-8-9-16)11-2-3-12-18/h4-7,10,13,16,18H,2-3,8-9,11-12H2,1H3/b13-10+. The molecule has 0 radical (unpaired) electrons. The zero-order valence-electron chi connectivity index (χ0n) is 12.4. The average Bonchev–Trinajstić information content (AvgIpc) is 3.27. The van der Waals surface area contributed by atoms with E-state index in [-0.39, 0.29) is 12.6 Å². The number of nitrogens with zero attached hydrogens (tertiary/aromatic N) is 1. The maximum absolute atomic E-state index is 12.4. The monoisotopic (exact) mass is 309 g/mol. The van der Waals surface area contributed by atoms with Crippen molar-refractivity contribution in [1.29, 1.82) is 0 Å². The highest BCUT2D eigenvalue weighted by atomic mass is 32.2. The summed E-state index contributed by atoms with van der Waals surface area (Å²) in [6.45, 7) is 2.60. The van der Waals surface area contributed by atoms with Crippen molar-refractivity contribution in [2.75, 3.05) is 13.2 Å². The molecule has 1 aromatic rings. The van der Waals surface area contributed by atoms with Crippen LogP contribution in [0.3, 0.4) is 0 Å². The van der Waals surface area contributed by atoms with Crippen molar-refractivity contribution in [3.63, 3.8) is 0 Å². The summed E-state index contributed by atoms with van der Waals surface area (Å²) in [5.74, 6) is 0. The Morgan fingerprint density at radius 1 is 1.24 bits per heavy atom. The Morgan fingerprint density at radius 2 is 1.90 bits per heavy atom. The Labute approximate surface area is 127 Å². The van der Waals surface area contributed by atoms with E-state index in [1.807, 2.05) is 31.2 Å². The van der Waals surface area contributed by atoms with Gasteiger partial charge in [0.15, 0.2) is 0 Å². The van der Waals surface area contributed by atoms with Crippen LogP contribution in [0.25, 0.3) is 6.08 Å². The average molecular weight is 309 g/mol. The smallest absolute Gasteiger partial charge is 0.236 e. The summed E-state index contributed by atoms with van der Waals surface area (Å²) in [5.41, 5.74) is 2.04. The minimum atomic E-state index is -3.38. The lowest BCUT2D eigenvalue weighted by molar-refractivity contribution is 0.275. The van der Waals surface area contributed by atoms with Gasteiger partial charge in [0.2, 0.25) is 10.0 Å². The number of aliphatic hydroxyl groups excluding tert-OH is 1. The van der Waals surface area contributed by atoms with Crippen molar-refractivity contribution in [3.05, 3.63) is 40.8 Å². The summed E-state index contributed by atoms with van der Waals surface area (Å²) >= 11 is 0. The first-order chi connectivity index (χ1) is 10.0. The van der Waals surface area contributed by atoms with Gasteiger partial charge in [-0.2, -0.15) is 4.31 Å². The molecule has 0 unspecified atom stereocenters. The van der Waals surface area contributed by atoms with Gasteiger partial charge in [0, 0.05) is 24.6 Å². The molecule has 0 spiro atoms. The van der Waals surface area contributed by atoms with Crippen LogP contribution in [0.1, 0.15) is 36.8 Å². The van der Waals surface area contributed by atoms with Gasteiger partial charge >= 0.3 is 0 Å². The number of aliphatic hydroxyl groups is 1. The van der Waals surface area contributed by atoms with E-state index < -0.39 is 10.0 Å². The predicted molar refractivity (Wildman–Crippen MR) is 85.2 cm³/mol. The molecule has 21 heavy (non-hydrogen) atoms. The molecular formula is C16H23NO3S. The predicted octanol–water partition coefficient (Wildman–Crippen LogP) is 2.53. The number of hydrogen-bond acceptors (Lipinski definition) is 3. The number of aryl methyl sites for hydroxylation is 1. The quantitative estimate of drug-likeness (QED) is 0.751. The number of unbranched alkanes of at least 4 members (excludes halogenated alkanes) is 1. The minimum absolute atomic E-state index is 0.109. The lowest BCUT2D eigenvalue weighted by Crippen LogP contribution is -2.32. The zero-order valence-corrected chi connectivity index (χ0v) is 13.2. The lowest BCUT2D eigenvalue weighted by atomic mass is 10.2. The van der Waals surface area contributed by atoms with Crippen molar-refractivity contribution in [2.45, 2.75) is 38.6 Å². The van der Waals surface area contributed by atoms with Gasteiger partial charge in [-0.15, -0.1) is 0 Å². The first-order valence-electron chi connectivity index (χ1n) is 7.40. The van der Waals surface area contributed by atoms with Crippen LogP contribution < -0.4 is 0 Å². The molecule has 1 aliphatic carbocycles. The second kappa shape index (κ2) is 7.20. The van der Waals surface area contributed by atoms with E-state index >= 15 is 0 Å². The maximum Gasteiger partial charge on any atom is 0.236 e. The van der Waals surface area contributed by atoms with Crippen LogP contribution in [0.5, 0.6) is 0 Å². The van der Waals surface area contributed by atoms with E-state index in [0.29, 0.717) is 19.4 Å². The third-order valence-electron chi connectivity index (χ3n) is 3.58. The molecule has 1 saturated carbocycles. The van der Waals surface area contributed by atoms with Gasteiger partial charge in [0.25, 0.3) is 0 Å². The topological polar surface area (TPSA) is 57.6 Å². The molecule has 0 aromatic heterocycles.